The molecule has 0 amide bonds. The maximum absolute atomic E-state index is 5.83. The molecule has 1 aliphatic carbocycles. The standard InChI is InChI=1S/C17H16N4O/c1-10-5-3-4-6-13(10)16-20-21-17(22-16)14-9-18-15(12-7-8-12)19-11(14)2/h3-6,9,12H,7-8H2,1-2H3. The van der Waals surface area contributed by atoms with Crippen LogP contribution in [-0.4, -0.2) is 20.2 Å². The fraction of sp³-hybridized carbons (Fsp3) is 0.294. The second-order valence-corrected chi connectivity index (χ2v) is 5.73. The van der Waals surface area contributed by atoms with E-state index in [4.69, 9.17) is 4.42 Å². The van der Waals surface area contributed by atoms with E-state index in [9.17, 15) is 0 Å². The van der Waals surface area contributed by atoms with Crippen molar-refractivity contribution in [1.29, 1.82) is 0 Å². The predicted molar refractivity (Wildman–Crippen MR) is 82.2 cm³/mol. The first-order valence-electron chi connectivity index (χ1n) is 7.46. The summed E-state index contributed by atoms with van der Waals surface area (Å²) in [6, 6.07) is 7.96. The lowest BCUT2D eigenvalue weighted by Crippen LogP contribution is -1.97. The average molecular weight is 292 g/mol. The molecule has 0 radical (unpaired) electrons. The molecular weight excluding hydrogens is 276 g/mol. The highest BCUT2D eigenvalue weighted by atomic mass is 16.4. The van der Waals surface area contributed by atoms with E-state index in [1.807, 2.05) is 38.1 Å². The summed E-state index contributed by atoms with van der Waals surface area (Å²) in [4.78, 5) is 9.01. The number of hydrogen-bond acceptors (Lipinski definition) is 5. The van der Waals surface area contributed by atoms with Gasteiger partial charge in [-0.1, -0.05) is 18.2 Å². The van der Waals surface area contributed by atoms with E-state index in [0.717, 1.165) is 28.2 Å². The van der Waals surface area contributed by atoms with Crippen molar-refractivity contribution >= 4 is 0 Å². The molecule has 110 valence electrons. The molecule has 1 fully saturated rings. The fourth-order valence-electron chi connectivity index (χ4n) is 2.49. The van der Waals surface area contributed by atoms with E-state index in [1.165, 1.54) is 12.8 Å². The zero-order valence-corrected chi connectivity index (χ0v) is 12.6. The van der Waals surface area contributed by atoms with Gasteiger partial charge in [-0.15, -0.1) is 10.2 Å². The van der Waals surface area contributed by atoms with Crippen molar-refractivity contribution in [2.45, 2.75) is 32.6 Å². The molecule has 2 aromatic heterocycles. The van der Waals surface area contributed by atoms with Gasteiger partial charge in [0.15, 0.2) is 0 Å². The molecule has 0 saturated heterocycles. The molecule has 1 saturated carbocycles. The van der Waals surface area contributed by atoms with Gasteiger partial charge in [0.2, 0.25) is 5.89 Å². The summed E-state index contributed by atoms with van der Waals surface area (Å²) >= 11 is 0. The van der Waals surface area contributed by atoms with Crippen LogP contribution in [-0.2, 0) is 0 Å². The molecule has 1 aliphatic rings. The third kappa shape index (κ3) is 2.28. The molecule has 0 atom stereocenters. The van der Waals surface area contributed by atoms with E-state index >= 15 is 0 Å². The topological polar surface area (TPSA) is 64.7 Å². The van der Waals surface area contributed by atoms with Crippen LogP contribution in [0.4, 0.5) is 0 Å². The van der Waals surface area contributed by atoms with Gasteiger partial charge in [-0.05, 0) is 38.3 Å². The zero-order chi connectivity index (χ0) is 15.1. The highest BCUT2D eigenvalue weighted by molar-refractivity contribution is 5.61. The highest BCUT2D eigenvalue weighted by Gasteiger charge is 2.27. The maximum atomic E-state index is 5.83. The van der Waals surface area contributed by atoms with Crippen molar-refractivity contribution in [1.82, 2.24) is 20.2 Å². The average Bonchev–Trinajstić information content (AvgIpc) is 3.26. The predicted octanol–water partition coefficient (Wildman–Crippen LogP) is 3.69. The summed E-state index contributed by atoms with van der Waals surface area (Å²) in [6.45, 7) is 3.98. The van der Waals surface area contributed by atoms with Crippen LogP contribution in [0.3, 0.4) is 0 Å². The summed E-state index contributed by atoms with van der Waals surface area (Å²) in [7, 11) is 0. The molecule has 0 bridgehead atoms. The van der Waals surface area contributed by atoms with Crippen LogP contribution < -0.4 is 0 Å². The van der Waals surface area contributed by atoms with Gasteiger partial charge in [0.25, 0.3) is 5.89 Å². The lowest BCUT2D eigenvalue weighted by atomic mass is 10.1. The molecule has 5 nitrogen and oxygen atoms in total. The minimum atomic E-state index is 0.470. The Kier molecular flexibility index (Phi) is 2.99. The molecule has 0 spiro atoms. The van der Waals surface area contributed by atoms with Crippen molar-refractivity contribution in [3.63, 3.8) is 0 Å². The van der Waals surface area contributed by atoms with Gasteiger partial charge in [0.05, 0.1) is 11.3 Å². The van der Waals surface area contributed by atoms with Crippen LogP contribution in [0.2, 0.25) is 0 Å². The molecule has 5 heteroatoms. The van der Waals surface area contributed by atoms with Crippen LogP contribution in [0.25, 0.3) is 22.9 Å². The first kappa shape index (κ1) is 13.1. The molecular formula is C17H16N4O. The van der Waals surface area contributed by atoms with Crippen LogP contribution in [0.15, 0.2) is 34.9 Å². The van der Waals surface area contributed by atoms with Crippen molar-refractivity contribution in [3.05, 3.63) is 47.5 Å². The Morgan fingerprint density at radius 3 is 2.41 bits per heavy atom. The Bertz CT molecular complexity index is 836. The SMILES string of the molecule is Cc1ccccc1-c1nnc(-c2cnc(C3CC3)nc2C)o1. The zero-order valence-electron chi connectivity index (χ0n) is 12.6. The number of aromatic nitrogens is 4. The Morgan fingerprint density at radius 1 is 1.00 bits per heavy atom. The summed E-state index contributed by atoms with van der Waals surface area (Å²) in [5, 5.41) is 8.32. The Hall–Kier alpha value is -2.56. The van der Waals surface area contributed by atoms with Crippen LogP contribution in [0, 0.1) is 13.8 Å². The fourth-order valence-corrected chi connectivity index (χ4v) is 2.49. The van der Waals surface area contributed by atoms with E-state index in [1.54, 1.807) is 6.20 Å². The van der Waals surface area contributed by atoms with Gasteiger partial charge >= 0.3 is 0 Å². The second-order valence-electron chi connectivity index (χ2n) is 5.73. The summed E-state index contributed by atoms with van der Waals surface area (Å²) in [6.07, 6.45) is 4.18. The number of hydrogen-bond donors (Lipinski definition) is 0. The minimum Gasteiger partial charge on any atom is -0.416 e. The van der Waals surface area contributed by atoms with Crippen LogP contribution in [0.5, 0.6) is 0 Å². The molecule has 2 heterocycles. The maximum Gasteiger partial charge on any atom is 0.251 e. The summed E-state index contributed by atoms with van der Waals surface area (Å²) in [5.74, 6) is 2.47. The van der Waals surface area contributed by atoms with Crippen molar-refractivity contribution < 1.29 is 4.42 Å². The first-order chi connectivity index (χ1) is 10.7. The Labute approximate surface area is 128 Å². The van der Waals surface area contributed by atoms with E-state index in [-0.39, 0.29) is 0 Å². The normalized spacial score (nSPS) is 14.3. The number of aryl methyl sites for hydroxylation is 2. The van der Waals surface area contributed by atoms with Crippen molar-refractivity contribution in [2.24, 2.45) is 0 Å². The van der Waals surface area contributed by atoms with Gasteiger partial charge in [-0.25, -0.2) is 9.97 Å². The molecule has 0 unspecified atom stereocenters. The van der Waals surface area contributed by atoms with Gasteiger partial charge in [-0.2, -0.15) is 0 Å². The van der Waals surface area contributed by atoms with Crippen LogP contribution in [0.1, 0.15) is 35.8 Å². The van der Waals surface area contributed by atoms with Crippen molar-refractivity contribution in [3.8, 4) is 22.9 Å². The largest absolute Gasteiger partial charge is 0.416 e. The highest BCUT2D eigenvalue weighted by Crippen LogP contribution is 2.38. The van der Waals surface area contributed by atoms with Gasteiger partial charge in [0, 0.05) is 17.7 Å². The summed E-state index contributed by atoms with van der Waals surface area (Å²) in [5.41, 5.74) is 3.75. The lowest BCUT2D eigenvalue weighted by molar-refractivity contribution is 0.582. The van der Waals surface area contributed by atoms with Gasteiger partial charge < -0.3 is 4.42 Å². The molecule has 4 rings (SSSR count). The molecule has 3 aromatic rings. The van der Waals surface area contributed by atoms with Crippen molar-refractivity contribution in [2.75, 3.05) is 0 Å². The Balaban J connectivity index is 1.71. The summed E-state index contributed by atoms with van der Waals surface area (Å²) < 4.78 is 5.83. The number of rotatable bonds is 3. The quantitative estimate of drug-likeness (QED) is 0.736. The molecule has 22 heavy (non-hydrogen) atoms. The molecule has 0 N–H and O–H groups in total. The molecule has 1 aromatic carbocycles. The van der Waals surface area contributed by atoms with E-state index in [0.29, 0.717) is 17.7 Å². The van der Waals surface area contributed by atoms with Gasteiger partial charge in [-0.3, -0.25) is 0 Å². The third-order valence-electron chi connectivity index (χ3n) is 3.97. The van der Waals surface area contributed by atoms with E-state index < -0.39 is 0 Å². The Morgan fingerprint density at radius 2 is 1.73 bits per heavy atom. The lowest BCUT2D eigenvalue weighted by Gasteiger charge is -2.02. The number of benzene rings is 1. The van der Waals surface area contributed by atoms with Crippen LogP contribution >= 0.6 is 0 Å². The third-order valence-corrected chi connectivity index (χ3v) is 3.97. The smallest absolute Gasteiger partial charge is 0.251 e. The van der Waals surface area contributed by atoms with Gasteiger partial charge in [0.1, 0.15) is 5.82 Å². The van der Waals surface area contributed by atoms with E-state index in [2.05, 4.69) is 20.2 Å². The second kappa shape index (κ2) is 5.02. The molecule has 0 aliphatic heterocycles. The monoisotopic (exact) mass is 292 g/mol. The minimum absolute atomic E-state index is 0.470. The number of nitrogens with zero attached hydrogens (tertiary/aromatic N) is 4. The first-order valence-corrected chi connectivity index (χ1v) is 7.46.